The predicted molar refractivity (Wildman–Crippen MR) is 126 cm³/mol. The number of benzene rings is 2. The Labute approximate surface area is 198 Å². The molecule has 0 radical (unpaired) electrons. The lowest BCUT2D eigenvalue weighted by Crippen LogP contribution is -2.35. The van der Waals surface area contributed by atoms with Crippen molar-refractivity contribution < 1.29 is 24.2 Å². The van der Waals surface area contributed by atoms with E-state index in [4.69, 9.17) is 4.74 Å². The summed E-state index contributed by atoms with van der Waals surface area (Å²) in [5, 5.41) is 14.9. The summed E-state index contributed by atoms with van der Waals surface area (Å²) < 4.78 is 5.55. The van der Waals surface area contributed by atoms with E-state index in [9.17, 15) is 19.5 Å². The highest BCUT2D eigenvalue weighted by atomic mass is 16.5. The third-order valence-corrected chi connectivity index (χ3v) is 7.30. The first-order valence-electron chi connectivity index (χ1n) is 12.1. The predicted octanol–water partition coefficient (Wildman–Crippen LogP) is 3.78. The monoisotopic (exact) mass is 462 g/mol. The second kappa shape index (κ2) is 9.49. The Morgan fingerprint density at radius 1 is 0.971 bits per heavy atom. The Kier molecular flexibility index (Phi) is 6.26. The van der Waals surface area contributed by atoms with Crippen LogP contribution in [-0.4, -0.2) is 42.8 Å². The quantitative estimate of drug-likeness (QED) is 0.498. The lowest BCUT2D eigenvalue weighted by atomic mass is 9.98. The van der Waals surface area contributed by atoms with Crippen LogP contribution >= 0.6 is 0 Å². The first-order chi connectivity index (χ1) is 16.5. The second-order valence-electron chi connectivity index (χ2n) is 9.77. The zero-order valence-electron chi connectivity index (χ0n) is 19.0. The van der Waals surface area contributed by atoms with E-state index in [0.717, 1.165) is 24.0 Å². The summed E-state index contributed by atoms with van der Waals surface area (Å²) in [7, 11) is 0. The van der Waals surface area contributed by atoms with E-state index in [1.165, 1.54) is 11.1 Å². The van der Waals surface area contributed by atoms with Crippen LogP contribution in [0.25, 0.3) is 11.1 Å². The van der Waals surface area contributed by atoms with Crippen LogP contribution in [0, 0.1) is 23.7 Å². The molecule has 0 spiro atoms. The van der Waals surface area contributed by atoms with E-state index < -0.39 is 18.0 Å². The minimum absolute atomic E-state index is 0.00965. The van der Waals surface area contributed by atoms with Crippen LogP contribution in [0.2, 0.25) is 0 Å². The molecular weight excluding hydrogens is 432 g/mol. The lowest BCUT2D eigenvalue weighted by Gasteiger charge is -2.15. The van der Waals surface area contributed by atoms with Gasteiger partial charge in [0.2, 0.25) is 5.91 Å². The first kappa shape index (κ1) is 22.4. The Bertz CT molecular complexity index is 1050. The maximum Gasteiger partial charge on any atom is 0.407 e. The minimum Gasteiger partial charge on any atom is -0.481 e. The molecule has 178 valence electrons. The molecule has 7 nitrogen and oxygen atoms in total. The highest BCUT2D eigenvalue weighted by Crippen LogP contribution is 2.44. The molecule has 0 bridgehead atoms. The number of ether oxygens (including phenoxy) is 1. The Morgan fingerprint density at radius 2 is 1.62 bits per heavy atom. The number of fused-ring (bicyclic) bond motifs is 3. The van der Waals surface area contributed by atoms with E-state index in [1.54, 1.807) is 0 Å². The van der Waals surface area contributed by atoms with Crippen molar-refractivity contribution >= 4 is 18.0 Å². The van der Waals surface area contributed by atoms with Gasteiger partial charge in [-0.15, -0.1) is 0 Å². The molecule has 1 unspecified atom stereocenters. The maximum atomic E-state index is 12.4. The van der Waals surface area contributed by atoms with Gasteiger partial charge in [-0.3, -0.25) is 9.59 Å². The number of carbonyl (C=O) groups excluding carboxylic acids is 2. The van der Waals surface area contributed by atoms with Gasteiger partial charge in [-0.2, -0.15) is 0 Å². The molecule has 2 saturated carbocycles. The Balaban J connectivity index is 1.05. The van der Waals surface area contributed by atoms with Crippen molar-refractivity contribution in [2.24, 2.45) is 23.7 Å². The average molecular weight is 463 g/mol. The van der Waals surface area contributed by atoms with Crippen molar-refractivity contribution in [1.29, 1.82) is 0 Å². The standard InChI is InChI=1S/C27H30N2O5/c30-25(28-14-18(26(31)32)11-16-9-10-16)23-12-17(23)13-29-27(33)34-15-24-21-7-3-1-5-19(21)20-6-2-4-8-22(20)24/h1-8,16-18,23-24H,9-15H2,(H,28,30)(H,29,33)(H,31,32)/t17-,18?,23-/m1/s1. The third-order valence-electron chi connectivity index (χ3n) is 7.30. The summed E-state index contributed by atoms with van der Waals surface area (Å²) in [5.74, 6) is -1.11. The minimum atomic E-state index is -0.850. The van der Waals surface area contributed by atoms with Gasteiger partial charge in [-0.1, -0.05) is 61.4 Å². The molecule has 3 atom stereocenters. The molecule has 7 heteroatoms. The van der Waals surface area contributed by atoms with Crippen LogP contribution in [0.15, 0.2) is 48.5 Å². The number of carboxylic acids is 1. The van der Waals surface area contributed by atoms with Crippen LogP contribution in [-0.2, 0) is 14.3 Å². The molecule has 0 aliphatic heterocycles. The fourth-order valence-corrected chi connectivity index (χ4v) is 5.04. The molecule has 0 aromatic heterocycles. The smallest absolute Gasteiger partial charge is 0.407 e. The molecule has 3 aliphatic rings. The van der Waals surface area contributed by atoms with Gasteiger partial charge in [-0.25, -0.2) is 4.79 Å². The van der Waals surface area contributed by atoms with E-state index in [0.29, 0.717) is 25.3 Å². The molecule has 2 aromatic carbocycles. The highest BCUT2D eigenvalue weighted by Gasteiger charge is 2.43. The summed E-state index contributed by atoms with van der Waals surface area (Å²) in [6, 6.07) is 16.4. The number of aliphatic carboxylic acids is 1. The van der Waals surface area contributed by atoms with Crippen molar-refractivity contribution in [1.82, 2.24) is 10.6 Å². The zero-order valence-corrected chi connectivity index (χ0v) is 19.0. The molecule has 3 N–H and O–H groups in total. The number of carboxylic acid groups (broad SMARTS) is 1. The number of alkyl carbamates (subject to hydrolysis) is 1. The number of carbonyl (C=O) groups is 3. The van der Waals surface area contributed by atoms with Gasteiger partial charge in [0.25, 0.3) is 0 Å². The molecule has 34 heavy (non-hydrogen) atoms. The molecule has 0 heterocycles. The SMILES string of the molecule is O=C(NC[C@H]1C[C@H]1C(=O)NCC(CC1CC1)C(=O)O)OCC1c2ccccc2-c2ccccc21. The van der Waals surface area contributed by atoms with Crippen LogP contribution in [0.3, 0.4) is 0 Å². The highest BCUT2D eigenvalue weighted by molar-refractivity contribution is 5.82. The molecule has 2 amide bonds. The number of hydrogen-bond donors (Lipinski definition) is 3. The van der Waals surface area contributed by atoms with Gasteiger partial charge in [0.05, 0.1) is 5.92 Å². The molecule has 2 fully saturated rings. The third kappa shape index (κ3) is 4.93. The molecule has 2 aromatic rings. The van der Waals surface area contributed by atoms with Gasteiger partial charge >= 0.3 is 12.1 Å². The number of amides is 2. The van der Waals surface area contributed by atoms with Gasteiger partial charge in [0, 0.05) is 24.9 Å². The van der Waals surface area contributed by atoms with Gasteiger partial charge < -0.3 is 20.5 Å². The van der Waals surface area contributed by atoms with E-state index in [-0.39, 0.29) is 36.8 Å². The molecule has 0 saturated heterocycles. The fraction of sp³-hybridized carbons (Fsp3) is 0.444. The van der Waals surface area contributed by atoms with Crippen molar-refractivity contribution in [3.63, 3.8) is 0 Å². The van der Waals surface area contributed by atoms with Crippen molar-refractivity contribution in [2.75, 3.05) is 19.7 Å². The largest absolute Gasteiger partial charge is 0.481 e. The van der Waals surface area contributed by atoms with Crippen molar-refractivity contribution in [2.45, 2.75) is 31.6 Å². The van der Waals surface area contributed by atoms with Gasteiger partial charge in [0.15, 0.2) is 0 Å². The summed E-state index contributed by atoms with van der Waals surface area (Å²) in [4.78, 5) is 36.1. The summed E-state index contributed by atoms with van der Waals surface area (Å²) in [5.41, 5.74) is 4.69. The normalized spacial score (nSPS) is 21.2. The van der Waals surface area contributed by atoms with Gasteiger partial charge in [-0.05, 0) is 46.9 Å². The van der Waals surface area contributed by atoms with E-state index in [1.807, 2.05) is 24.3 Å². The molecule has 5 rings (SSSR count). The van der Waals surface area contributed by atoms with Crippen LogP contribution in [0.5, 0.6) is 0 Å². The van der Waals surface area contributed by atoms with Crippen molar-refractivity contribution in [3.8, 4) is 11.1 Å². The van der Waals surface area contributed by atoms with E-state index >= 15 is 0 Å². The van der Waals surface area contributed by atoms with Crippen LogP contribution in [0.4, 0.5) is 4.79 Å². The second-order valence-corrected chi connectivity index (χ2v) is 9.77. The van der Waals surface area contributed by atoms with Crippen LogP contribution < -0.4 is 10.6 Å². The summed E-state index contributed by atoms with van der Waals surface area (Å²) >= 11 is 0. The fourth-order valence-electron chi connectivity index (χ4n) is 5.04. The average Bonchev–Trinajstić information content (AvgIpc) is 3.77. The number of rotatable bonds is 10. The van der Waals surface area contributed by atoms with Crippen molar-refractivity contribution in [3.05, 3.63) is 59.7 Å². The zero-order chi connectivity index (χ0) is 23.7. The molecular formula is C27H30N2O5. The summed E-state index contributed by atoms with van der Waals surface area (Å²) in [6.45, 7) is 0.804. The molecule has 3 aliphatic carbocycles. The van der Waals surface area contributed by atoms with Gasteiger partial charge in [0.1, 0.15) is 6.61 Å². The maximum absolute atomic E-state index is 12.4. The first-order valence-corrected chi connectivity index (χ1v) is 12.1. The lowest BCUT2D eigenvalue weighted by molar-refractivity contribution is -0.142. The van der Waals surface area contributed by atoms with E-state index in [2.05, 4.69) is 34.9 Å². The topological polar surface area (TPSA) is 105 Å². The number of nitrogens with one attached hydrogen (secondary N) is 2. The van der Waals surface area contributed by atoms with Crippen LogP contribution in [0.1, 0.15) is 42.7 Å². The number of hydrogen-bond acceptors (Lipinski definition) is 4. The summed E-state index contributed by atoms with van der Waals surface area (Å²) in [6.07, 6.45) is 3.01. The Hall–Kier alpha value is -3.35. The Morgan fingerprint density at radius 3 is 2.24 bits per heavy atom.